The van der Waals surface area contributed by atoms with Crippen LogP contribution in [0.4, 0.5) is 0 Å². The second kappa shape index (κ2) is 4.03. The summed E-state index contributed by atoms with van der Waals surface area (Å²) in [5, 5.41) is 0. The van der Waals surface area contributed by atoms with Gasteiger partial charge in [-0.3, -0.25) is 0 Å². The zero-order chi connectivity index (χ0) is 10.1. The van der Waals surface area contributed by atoms with Crippen molar-refractivity contribution in [3.63, 3.8) is 0 Å². The van der Waals surface area contributed by atoms with Crippen molar-refractivity contribution >= 4 is 15.9 Å². The Morgan fingerprint density at radius 3 is 3.14 bits per heavy atom. The smallest absolute Gasteiger partial charge is 0.177 e. The van der Waals surface area contributed by atoms with Crippen molar-refractivity contribution in [3.8, 4) is 0 Å². The maximum Gasteiger partial charge on any atom is 0.177 e. The quantitative estimate of drug-likeness (QED) is 0.883. The van der Waals surface area contributed by atoms with Crippen LogP contribution in [0.3, 0.4) is 0 Å². The highest BCUT2D eigenvalue weighted by molar-refractivity contribution is 9.10. The number of aromatic nitrogens is 2. The molecule has 78 valence electrons. The third-order valence-electron chi connectivity index (χ3n) is 2.98. The monoisotopic (exact) mass is 257 g/mol. The number of aryl methyl sites for hydroxylation is 1. The lowest BCUT2D eigenvalue weighted by Crippen LogP contribution is -2.20. The predicted octanol–water partition coefficient (Wildman–Crippen LogP) is 2.18. The minimum atomic E-state index is 0.555. The molecule has 0 bridgehead atoms. The van der Waals surface area contributed by atoms with Crippen LogP contribution in [0, 0.1) is 6.92 Å². The van der Waals surface area contributed by atoms with Gasteiger partial charge in [-0.2, -0.15) is 0 Å². The first-order valence-electron chi connectivity index (χ1n) is 5.17. The zero-order valence-corrected chi connectivity index (χ0v) is 10.0. The van der Waals surface area contributed by atoms with Crippen LogP contribution in [-0.4, -0.2) is 16.1 Å². The molecule has 0 saturated carbocycles. The molecule has 1 atom stereocenters. The summed E-state index contributed by atoms with van der Waals surface area (Å²) in [6.45, 7) is 2.84. The van der Waals surface area contributed by atoms with Crippen LogP contribution < -0.4 is 5.73 Å². The first-order valence-corrected chi connectivity index (χ1v) is 5.96. The SMILES string of the molecule is Cc1nc(Br)n2c1CCCC2CCN. The summed E-state index contributed by atoms with van der Waals surface area (Å²) in [5.41, 5.74) is 8.18. The minimum absolute atomic E-state index is 0.555. The van der Waals surface area contributed by atoms with E-state index in [1.165, 1.54) is 24.2 Å². The maximum absolute atomic E-state index is 5.62. The molecule has 1 aromatic heterocycles. The molecule has 0 spiro atoms. The molecule has 1 aliphatic rings. The number of nitrogens with zero attached hydrogens (tertiary/aromatic N) is 2. The molecule has 14 heavy (non-hydrogen) atoms. The fourth-order valence-corrected chi connectivity index (χ4v) is 3.08. The van der Waals surface area contributed by atoms with E-state index in [-0.39, 0.29) is 0 Å². The summed E-state index contributed by atoms with van der Waals surface area (Å²) in [6.07, 6.45) is 4.72. The Hall–Kier alpha value is -0.350. The van der Waals surface area contributed by atoms with Crippen LogP contribution in [0.25, 0.3) is 0 Å². The van der Waals surface area contributed by atoms with Gasteiger partial charge in [-0.05, 0) is 55.1 Å². The molecule has 3 nitrogen and oxygen atoms in total. The molecule has 0 aliphatic carbocycles. The van der Waals surface area contributed by atoms with Gasteiger partial charge in [0.2, 0.25) is 0 Å². The molecule has 2 rings (SSSR count). The topological polar surface area (TPSA) is 43.8 Å². The number of nitrogens with two attached hydrogens (primary N) is 1. The van der Waals surface area contributed by atoms with Crippen molar-refractivity contribution < 1.29 is 0 Å². The third-order valence-corrected chi connectivity index (χ3v) is 3.54. The normalized spacial score (nSPS) is 20.9. The summed E-state index contributed by atoms with van der Waals surface area (Å²) < 4.78 is 3.30. The van der Waals surface area contributed by atoms with Crippen LogP contribution in [0.1, 0.15) is 36.7 Å². The molecular formula is C10H16BrN3. The molecule has 4 heteroatoms. The Kier molecular flexibility index (Phi) is 2.93. The lowest BCUT2D eigenvalue weighted by Gasteiger charge is -2.26. The summed E-state index contributed by atoms with van der Waals surface area (Å²) in [5.74, 6) is 0. The number of fused-ring (bicyclic) bond motifs is 1. The van der Waals surface area contributed by atoms with E-state index in [1.54, 1.807) is 0 Å². The van der Waals surface area contributed by atoms with E-state index in [2.05, 4.69) is 32.4 Å². The average Bonchev–Trinajstić information content (AvgIpc) is 2.44. The molecule has 0 saturated heterocycles. The molecule has 0 fully saturated rings. The first-order chi connectivity index (χ1) is 6.74. The van der Waals surface area contributed by atoms with E-state index in [0.29, 0.717) is 6.04 Å². The number of rotatable bonds is 2. The van der Waals surface area contributed by atoms with Gasteiger partial charge in [0.25, 0.3) is 0 Å². The number of imidazole rings is 1. The molecule has 2 heterocycles. The Bertz CT molecular complexity index is 332. The van der Waals surface area contributed by atoms with Crippen LogP contribution in [0.2, 0.25) is 0 Å². The predicted molar refractivity (Wildman–Crippen MR) is 60.3 cm³/mol. The van der Waals surface area contributed by atoms with Crippen molar-refractivity contribution in [2.75, 3.05) is 6.54 Å². The Labute approximate surface area is 92.8 Å². The van der Waals surface area contributed by atoms with Gasteiger partial charge in [-0.25, -0.2) is 4.98 Å². The summed E-state index contributed by atoms with van der Waals surface area (Å²) in [4.78, 5) is 4.46. The highest BCUT2D eigenvalue weighted by atomic mass is 79.9. The Balaban J connectivity index is 2.37. The lowest BCUT2D eigenvalue weighted by molar-refractivity contribution is 0.377. The molecule has 0 radical (unpaired) electrons. The number of halogens is 1. The lowest BCUT2D eigenvalue weighted by atomic mass is 9.99. The van der Waals surface area contributed by atoms with Crippen LogP contribution in [0.15, 0.2) is 4.73 Å². The van der Waals surface area contributed by atoms with Crippen molar-refractivity contribution in [2.45, 2.75) is 38.6 Å². The van der Waals surface area contributed by atoms with Crippen molar-refractivity contribution in [1.29, 1.82) is 0 Å². The molecule has 1 unspecified atom stereocenters. The summed E-state index contributed by atoms with van der Waals surface area (Å²) in [6, 6.07) is 0.555. The maximum atomic E-state index is 5.62. The van der Waals surface area contributed by atoms with Gasteiger partial charge in [0.1, 0.15) is 0 Å². The highest BCUT2D eigenvalue weighted by Crippen LogP contribution is 2.32. The van der Waals surface area contributed by atoms with Gasteiger partial charge >= 0.3 is 0 Å². The van der Waals surface area contributed by atoms with Crippen LogP contribution in [0.5, 0.6) is 0 Å². The van der Waals surface area contributed by atoms with E-state index < -0.39 is 0 Å². The fraction of sp³-hybridized carbons (Fsp3) is 0.700. The first kappa shape index (κ1) is 10.2. The molecule has 0 aromatic carbocycles. The Morgan fingerprint density at radius 2 is 2.43 bits per heavy atom. The second-order valence-corrected chi connectivity index (χ2v) is 4.62. The third kappa shape index (κ3) is 1.61. The van der Waals surface area contributed by atoms with E-state index in [0.717, 1.165) is 24.1 Å². The van der Waals surface area contributed by atoms with Crippen molar-refractivity contribution in [3.05, 3.63) is 16.1 Å². The van der Waals surface area contributed by atoms with E-state index in [1.807, 2.05) is 0 Å². The van der Waals surface area contributed by atoms with Crippen LogP contribution in [-0.2, 0) is 6.42 Å². The van der Waals surface area contributed by atoms with Gasteiger partial charge in [0.05, 0.1) is 5.69 Å². The van der Waals surface area contributed by atoms with E-state index in [9.17, 15) is 0 Å². The van der Waals surface area contributed by atoms with Gasteiger partial charge in [0.15, 0.2) is 4.73 Å². The highest BCUT2D eigenvalue weighted by Gasteiger charge is 2.23. The van der Waals surface area contributed by atoms with Gasteiger partial charge in [0, 0.05) is 11.7 Å². The molecule has 2 N–H and O–H groups in total. The van der Waals surface area contributed by atoms with Crippen LogP contribution >= 0.6 is 15.9 Å². The molecule has 0 amide bonds. The largest absolute Gasteiger partial charge is 0.330 e. The van der Waals surface area contributed by atoms with Crippen molar-refractivity contribution in [2.24, 2.45) is 5.73 Å². The van der Waals surface area contributed by atoms with Gasteiger partial charge in [-0.1, -0.05) is 0 Å². The Morgan fingerprint density at radius 1 is 1.64 bits per heavy atom. The number of hydrogen-bond donors (Lipinski definition) is 1. The van der Waals surface area contributed by atoms with E-state index >= 15 is 0 Å². The van der Waals surface area contributed by atoms with Gasteiger partial charge in [-0.15, -0.1) is 0 Å². The molecule has 1 aliphatic heterocycles. The number of hydrogen-bond acceptors (Lipinski definition) is 2. The zero-order valence-electron chi connectivity index (χ0n) is 8.46. The minimum Gasteiger partial charge on any atom is -0.330 e. The molecular weight excluding hydrogens is 242 g/mol. The van der Waals surface area contributed by atoms with Gasteiger partial charge < -0.3 is 10.3 Å². The second-order valence-electron chi connectivity index (χ2n) is 3.91. The molecule has 1 aromatic rings. The average molecular weight is 258 g/mol. The van der Waals surface area contributed by atoms with Crippen molar-refractivity contribution in [1.82, 2.24) is 9.55 Å². The fourth-order valence-electron chi connectivity index (χ4n) is 2.31. The summed E-state index contributed by atoms with van der Waals surface area (Å²) >= 11 is 3.52. The summed E-state index contributed by atoms with van der Waals surface area (Å²) in [7, 11) is 0. The standard InChI is InChI=1S/C10H16BrN3/c1-7-9-4-2-3-8(5-6-12)14(9)10(11)13-7/h8H,2-6,12H2,1H3. The van der Waals surface area contributed by atoms with E-state index in [4.69, 9.17) is 5.73 Å².